The molecule has 0 aromatic carbocycles. The van der Waals surface area contributed by atoms with Crippen molar-refractivity contribution in [3.8, 4) is 0 Å². The van der Waals surface area contributed by atoms with Crippen LogP contribution in [0.4, 0.5) is 0 Å². The van der Waals surface area contributed by atoms with Gasteiger partial charge in [-0.3, -0.25) is 4.79 Å². The molecule has 1 fully saturated rings. The maximum Gasteiger partial charge on any atom is 0.237 e. The van der Waals surface area contributed by atoms with Gasteiger partial charge in [0.2, 0.25) is 5.91 Å². The lowest BCUT2D eigenvalue weighted by molar-refractivity contribution is -0.123. The standard InChI is InChI=1S/C13H21N3O2S/c1-16(2)11(12-4-3-5-19-12)8-15-13(18)10-6-9(17)7-14-10/h3-5,9-11,14,17H,6-8H2,1-2H3,(H,15,18)/t9-,10-,11+/m0/s1. The summed E-state index contributed by atoms with van der Waals surface area (Å²) in [6, 6.07) is 4.03. The molecule has 0 unspecified atom stereocenters. The summed E-state index contributed by atoms with van der Waals surface area (Å²) in [5.74, 6) is -0.0278. The lowest BCUT2D eigenvalue weighted by atomic mass is 10.1. The molecule has 6 heteroatoms. The van der Waals surface area contributed by atoms with Gasteiger partial charge in [0.1, 0.15) is 0 Å². The molecule has 1 saturated heterocycles. The number of nitrogens with zero attached hydrogens (tertiary/aromatic N) is 1. The zero-order valence-corrected chi connectivity index (χ0v) is 12.1. The fraction of sp³-hybridized carbons (Fsp3) is 0.615. The Labute approximate surface area is 117 Å². The Balaban J connectivity index is 1.87. The van der Waals surface area contributed by atoms with Gasteiger partial charge in [0.25, 0.3) is 0 Å². The number of carbonyl (C=O) groups excluding carboxylic acids is 1. The fourth-order valence-electron chi connectivity index (χ4n) is 2.26. The second-order valence-corrected chi connectivity index (χ2v) is 6.07. The first kappa shape index (κ1) is 14.5. The average molecular weight is 283 g/mol. The van der Waals surface area contributed by atoms with Crippen molar-refractivity contribution in [2.45, 2.75) is 24.6 Å². The van der Waals surface area contributed by atoms with Gasteiger partial charge in [-0.2, -0.15) is 0 Å². The highest BCUT2D eigenvalue weighted by atomic mass is 32.1. The quantitative estimate of drug-likeness (QED) is 0.722. The molecule has 0 spiro atoms. The molecule has 19 heavy (non-hydrogen) atoms. The number of aliphatic hydroxyl groups excluding tert-OH is 1. The smallest absolute Gasteiger partial charge is 0.237 e. The lowest BCUT2D eigenvalue weighted by Gasteiger charge is -2.24. The molecule has 0 saturated carbocycles. The molecule has 3 N–H and O–H groups in total. The minimum atomic E-state index is -0.405. The van der Waals surface area contributed by atoms with Crippen LogP contribution in [0.5, 0.6) is 0 Å². The molecule has 106 valence electrons. The van der Waals surface area contributed by atoms with Crippen molar-refractivity contribution in [3.63, 3.8) is 0 Å². The van der Waals surface area contributed by atoms with E-state index in [1.54, 1.807) is 11.3 Å². The average Bonchev–Trinajstić information content (AvgIpc) is 3.00. The molecule has 1 aromatic heterocycles. The molecule has 2 rings (SSSR count). The van der Waals surface area contributed by atoms with E-state index in [1.165, 1.54) is 4.88 Å². The van der Waals surface area contributed by atoms with Crippen LogP contribution in [0.2, 0.25) is 0 Å². The van der Waals surface area contributed by atoms with Crippen LogP contribution in [0, 0.1) is 0 Å². The predicted molar refractivity (Wildman–Crippen MR) is 76.2 cm³/mol. The van der Waals surface area contributed by atoms with E-state index < -0.39 is 6.10 Å². The first-order valence-corrected chi connectivity index (χ1v) is 7.35. The Morgan fingerprint density at radius 3 is 3.00 bits per heavy atom. The highest BCUT2D eigenvalue weighted by molar-refractivity contribution is 7.10. The van der Waals surface area contributed by atoms with Gasteiger partial charge < -0.3 is 20.6 Å². The van der Waals surface area contributed by atoms with Gasteiger partial charge in [-0.15, -0.1) is 11.3 Å². The topological polar surface area (TPSA) is 64.6 Å². The van der Waals surface area contributed by atoms with Crippen LogP contribution in [0.15, 0.2) is 17.5 Å². The Morgan fingerprint density at radius 1 is 1.68 bits per heavy atom. The highest BCUT2D eigenvalue weighted by Crippen LogP contribution is 2.22. The molecule has 1 amide bonds. The van der Waals surface area contributed by atoms with Gasteiger partial charge in [-0.05, 0) is 32.0 Å². The number of rotatable bonds is 5. The zero-order valence-electron chi connectivity index (χ0n) is 11.3. The van der Waals surface area contributed by atoms with E-state index in [4.69, 9.17) is 0 Å². The number of likely N-dealkylation sites (N-methyl/N-ethyl adjacent to an activating group) is 1. The molecule has 3 atom stereocenters. The summed E-state index contributed by atoms with van der Waals surface area (Å²) in [7, 11) is 4.02. The minimum absolute atomic E-state index is 0.0278. The molecule has 0 radical (unpaired) electrons. The second-order valence-electron chi connectivity index (χ2n) is 5.09. The number of hydrogen-bond acceptors (Lipinski definition) is 5. The molecule has 2 heterocycles. The van der Waals surface area contributed by atoms with Crippen LogP contribution in [-0.4, -0.2) is 55.2 Å². The van der Waals surface area contributed by atoms with Crippen LogP contribution < -0.4 is 10.6 Å². The zero-order chi connectivity index (χ0) is 13.8. The third-order valence-electron chi connectivity index (χ3n) is 3.39. The fourth-order valence-corrected chi connectivity index (χ4v) is 3.18. The maximum atomic E-state index is 12.0. The normalized spacial score (nSPS) is 24.6. The summed E-state index contributed by atoms with van der Waals surface area (Å²) in [6.07, 6.45) is 0.0926. The largest absolute Gasteiger partial charge is 0.392 e. The van der Waals surface area contributed by atoms with Crippen LogP contribution in [0.1, 0.15) is 17.3 Å². The highest BCUT2D eigenvalue weighted by Gasteiger charge is 2.28. The summed E-state index contributed by atoms with van der Waals surface area (Å²) in [4.78, 5) is 15.3. The van der Waals surface area contributed by atoms with Crippen molar-refractivity contribution in [1.29, 1.82) is 0 Å². The molecule has 5 nitrogen and oxygen atoms in total. The van der Waals surface area contributed by atoms with E-state index in [-0.39, 0.29) is 18.0 Å². The van der Waals surface area contributed by atoms with E-state index >= 15 is 0 Å². The number of amides is 1. The van der Waals surface area contributed by atoms with Gasteiger partial charge in [-0.1, -0.05) is 6.07 Å². The Kier molecular flexibility index (Phi) is 4.93. The minimum Gasteiger partial charge on any atom is -0.392 e. The maximum absolute atomic E-state index is 12.0. The number of thiophene rings is 1. The van der Waals surface area contributed by atoms with Gasteiger partial charge in [-0.25, -0.2) is 0 Å². The second kappa shape index (κ2) is 6.47. The van der Waals surface area contributed by atoms with Gasteiger partial charge in [0.05, 0.1) is 18.2 Å². The molecule has 0 aliphatic carbocycles. The van der Waals surface area contributed by atoms with Crippen molar-refractivity contribution in [2.24, 2.45) is 0 Å². The first-order valence-electron chi connectivity index (χ1n) is 6.47. The number of aliphatic hydroxyl groups is 1. The Hall–Kier alpha value is -0.950. The number of carbonyl (C=O) groups is 1. The Morgan fingerprint density at radius 2 is 2.47 bits per heavy atom. The molecular formula is C13H21N3O2S. The van der Waals surface area contributed by atoms with E-state index in [2.05, 4.69) is 21.6 Å². The summed E-state index contributed by atoms with van der Waals surface area (Å²) < 4.78 is 0. The molecule has 1 aliphatic rings. The summed E-state index contributed by atoms with van der Waals surface area (Å²) in [5, 5.41) is 17.4. The van der Waals surface area contributed by atoms with Crippen molar-refractivity contribution >= 4 is 17.2 Å². The van der Waals surface area contributed by atoms with Crippen LogP contribution in [0.3, 0.4) is 0 Å². The van der Waals surface area contributed by atoms with Gasteiger partial charge in [0.15, 0.2) is 0 Å². The summed E-state index contributed by atoms with van der Waals surface area (Å²) >= 11 is 1.70. The summed E-state index contributed by atoms with van der Waals surface area (Å²) in [5.41, 5.74) is 0. The molecule has 1 aromatic rings. The Bertz CT molecular complexity index is 408. The third-order valence-corrected chi connectivity index (χ3v) is 4.36. The van der Waals surface area contributed by atoms with Crippen LogP contribution in [0.25, 0.3) is 0 Å². The van der Waals surface area contributed by atoms with Crippen molar-refractivity contribution in [2.75, 3.05) is 27.2 Å². The van der Waals surface area contributed by atoms with Crippen LogP contribution >= 0.6 is 11.3 Å². The van der Waals surface area contributed by atoms with Crippen molar-refractivity contribution in [1.82, 2.24) is 15.5 Å². The van der Waals surface area contributed by atoms with Crippen molar-refractivity contribution < 1.29 is 9.90 Å². The van der Waals surface area contributed by atoms with E-state index in [0.717, 1.165) is 0 Å². The van der Waals surface area contributed by atoms with E-state index in [9.17, 15) is 9.90 Å². The molecule has 1 aliphatic heterocycles. The molecule has 0 bridgehead atoms. The number of nitrogens with one attached hydrogen (secondary N) is 2. The van der Waals surface area contributed by atoms with E-state index in [0.29, 0.717) is 19.5 Å². The predicted octanol–water partition coefficient (Wildman–Crippen LogP) is 0.190. The van der Waals surface area contributed by atoms with E-state index in [1.807, 2.05) is 25.5 Å². The SMILES string of the molecule is CN(C)[C@H](CNC(=O)[C@@H]1C[C@H](O)CN1)c1cccs1. The van der Waals surface area contributed by atoms with Gasteiger partial charge in [0, 0.05) is 18.0 Å². The molecular weight excluding hydrogens is 262 g/mol. The number of β-amino-alcohol motifs (C(OH)–C–C–N with tert-alkyl or cyclic N) is 1. The monoisotopic (exact) mass is 283 g/mol. The van der Waals surface area contributed by atoms with Gasteiger partial charge >= 0.3 is 0 Å². The number of hydrogen-bond donors (Lipinski definition) is 3. The lowest BCUT2D eigenvalue weighted by Crippen LogP contribution is -2.43. The van der Waals surface area contributed by atoms with Crippen molar-refractivity contribution in [3.05, 3.63) is 22.4 Å². The van der Waals surface area contributed by atoms with Crippen LogP contribution in [-0.2, 0) is 4.79 Å². The third kappa shape index (κ3) is 3.76. The first-order chi connectivity index (χ1) is 9.08. The summed E-state index contributed by atoms with van der Waals surface area (Å²) in [6.45, 7) is 1.08.